The van der Waals surface area contributed by atoms with E-state index in [0.717, 1.165) is 0 Å². The first-order chi connectivity index (χ1) is 6.16. The van der Waals surface area contributed by atoms with E-state index in [1.165, 1.54) is 12.3 Å². The van der Waals surface area contributed by atoms with Crippen LogP contribution in [0.1, 0.15) is 5.56 Å². The molecule has 66 valence electrons. The van der Waals surface area contributed by atoms with Crippen LogP contribution in [0, 0.1) is 21.4 Å². The first-order valence-electron chi connectivity index (χ1n) is 3.35. The highest BCUT2D eigenvalue weighted by Crippen LogP contribution is 2.26. The molecule has 13 heavy (non-hydrogen) atoms. The van der Waals surface area contributed by atoms with Gasteiger partial charge in [-0.25, -0.2) is 0 Å². The third kappa shape index (κ3) is 1.70. The highest BCUT2D eigenvalue weighted by atomic mass is 16.6. The number of nitrogens with zero attached hydrogens (tertiary/aromatic N) is 3. The van der Waals surface area contributed by atoms with Gasteiger partial charge in [-0.3, -0.25) is 0 Å². The lowest BCUT2D eigenvalue weighted by Crippen LogP contribution is -1.94. The largest absolute Gasteiger partial charge is 0.501 e. The van der Waals surface area contributed by atoms with Gasteiger partial charge in [0.25, 0.3) is 0 Å². The number of hydrogen-bond donors (Lipinski definition) is 1. The molecule has 0 amide bonds. The molecule has 6 nitrogen and oxygen atoms in total. The average Bonchev–Trinajstić information content (AvgIpc) is 2.08. The van der Waals surface area contributed by atoms with Gasteiger partial charge in [0.2, 0.25) is 5.75 Å². The van der Waals surface area contributed by atoms with Crippen LogP contribution in [0.25, 0.3) is 0 Å². The van der Waals surface area contributed by atoms with Crippen molar-refractivity contribution in [1.29, 1.82) is 5.26 Å². The third-order valence-corrected chi connectivity index (χ3v) is 1.43. The van der Waals surface area contributed by atoms with E-state index in [1.54, 1.807) is 6.07 Å². The Kier molecular flexibility index (Phi) is 2.40. The Morgan fingerprint density at radius 3 is 3.00 bits per heavy atom. The highest BCUT2D eigenvalue weighted by molar-refractivity contribution is 5.45. The van der Waals surface area contributed by atoms with Crippen LogP contribution in [0.2, 0.25) is 0 Å². The van der Waals surface area contributed by atoms with Crippen LogP contribution in [0.5, 0.6) is 5.75 Å². The maximum absolute atomic E-state index is 10.3. The number of nitriles is 1. The minimum atomic E-state index is -0.795. The second kappa shape index (κ2) is 3.49. The molecular formula is C7H5N3O3. The van der Waals surface area contributed by atoms with E-state index in [-0.39, 0.29) is 12.0 Å². The zero-order chi connectivity index (χ0) is 9.84. The van der Waals surface area contributed by atoms with Crippen LogP contribution in [-0.2, 0) is 6.42 Å². The molecule has 0 aliphatic carbocycles. The molecule has 0 aromatic carbocycles. The minimum absolute atomic E-state index is 0.0742. The lowest BCUT2D eigenvalue weighted by molar-refractivity contribution is -0.390. The van der Waals surface area contributed by atoms with Gasteiger partial charge < -0.3 is 15.2 Å². The van der Waals surface area contributed by atoms with Gasteiger partial charge in [-0.05, 0) is 16.0 Å². The maximum atomic E-state index is 10.3. The molecule has 1 N–H and O–H groups in total. The summed E-state index contributed by atoms with van der Waals surface area (Å²) in [4.78, 5) is 12.8. The predicted octanol–water partition coefficient (Wildman–Crippen LogP) is 0.761. The van der Waals surface area contributed by atoms with Gasteiger partial charge in [0.15, 0.2) is 0 Å². The number of nitro groups is 1. The zero-order valence-corrected chi connectivity index (χ0v) is 6.47. The first kappa shape index (κ1) is 8.93. The monoisotopic (exact) mass is 179 g/mol. The third-order valence-electron chi connectivity index (χ3n) is 1.43. The fourth-order valence-corrected chi connectivity index (χ4v) is 0.843. The Morgan fingerprint density at radius 1 is 1.77 bits per heavy atom. The Morgan fingerprint density at radius 2 is 2.46 bits per heavy atom. The van der Waals surface area contributed by atoms with Crippen molar-refractivity contribution < 1.29 is 10.0 Å². The van der Waals surface area contributed by atoms with Crippen LogP contribution in [0.4, 0.5) is 5.82 Å². The summed E-state index contributed by atoms with van der Waals surface area (Å²) in [7, 11) is 0. The number of hydrogen-bond acceptors (Lipinski definition) is 5. The first-order valence-corrected chi connectivity index (χ1v) is 3.35. The highest BCUT2D eigenvalue weighted by Gasteiger charge is 2.17. The predicted molar refractivity (Wildman–Crippen MR) is 41.9 cm³/mol. The summed E-state index contributed by atoms with van der Waals surface area (Å²) in [6, 6.07) is 3.15. The Labute approximate surface area is 73.2 Å². The molecule has 1 heterocycles. The Balaban J connectivity index is 3.20. The average molecular weight is 179 g/mol. The number of aromatic hydroxyl groups is 1. The molecule has 0 radical (unpaired) electrons. The summed E-state index contributed by atoms with van der Waals surface area (Å²) < 4.78 is 0. The van der Waals surface area contributed by atoms with Crippen LogP contribution >= 0.6 is 0 Å². The van der Waals surface area contributed by atoms with Crippen molar-refractivity contribution in [2.75, 3.05) is 0 Å². The van der Waals surface area contributed by atoms with E-state index in [2.05, 4.69) is 4.98 Å². The van der Waals surface area contributed by atoms with Crippen molar-refractivity contribution in [3.05, 3.63) is 27.9 Å². The van der Waals surface area contributed by atoms with Crippen molar-refractivity contribution in [3.63, 3.8) is 0 Å². The van der Waals surface area contributed by atoms with E-state index in [9.17, 15) is 15.2 Å². The topological polar surface area (TPSA) is 100 Å². The van der Waals surface area contributed by atoms with Gasteiger partial charge in [0.1, 0.15) is 6.20 Å². The summed E-state index contributed by atoms with van der Waals surface area (Å²) in [6.07, 6.45) is 1.11. The number of aromatic nitrogens is 1. The van der Waals surface area contributed by atoms with Crippen molar-refractivity contribution >= 4 is 5.82 Å². The van der Waals surface area contributed by atoms with Gasteiger partial charge in [-0.15, -0.1) is 0 Å². The lowest BCUT2D eigenvalue weighted by atomic mass is 10.2. The van der Waals surface area contributed by atoms with E-state index in [4.69, 9.17) is 5.26 Å². The standard InChI is InChI=1S/C7H5N3O3/c8-3-1-5-2-4-9-7(6(5)11)10(12)13/h2,4,11H,1H2. The van der Waals surface area contributed by atoms with Gasteiger partial charge in [-0.1, -0.05) is 0 Å². The minimum Gasteiger partial charge on any atom is -0.501 e. The molecule has 0 fully saturated rings. The molecule has 0 saturated carbocycles. The van der Waals surface area contributed by atoms with Crippen LogP contribution < -0.4 is 0 Å². The summed E-state index contributed by atoms with van der Waals surface area (Å²) in [6.45, 7) is 0. The van der Waals surface area contributed by atoms with Crippen molar-refractivity contribution in [1.82, 2.24) is 4.98 Å². The normalized spacial score (nSPS) is 9.15. The van der Waals surface area contributed by atoms with Crippen molar-refractivity contribution in [3.8, 4) is 11.8 Å². The van der Waals surface area contributed by atoms with Gasteiger partial charge in [-0.2, -0.15) is 5.26 Å². The molecular weight excluding hydrogens is 174 g/mol. The number of rotatable bonds is 2. The van der Waals surface area contributed by atoms with E-state index in [1.807, 2.05) is 0 Å². The molecule has 1 rings (SSSR count). The Hall–Kier alpha value is -2.16. The zero-order valence-electron chi connectivity index (χ0n) is 6.47. The van der Waals surface area contributed by atoms with Gasteiger partial charge >= 0.3 is 5.82 Å². The molecule has 0 atom stereocenters. The molecule has 0 unspecified atom stereocenters. The fourth-order valence-electron chi connectivity index (χ4n) is 0.843. The number of pyridine rings is 1. The maximum Gasteiger partial charge on any atom is 0.406 e. The summed E-state index contributed by atoms with van der Waals surface area (Å²) >= 11 is 0. The SMILES string of the molecule is N#CCc1ccnc([N+](=O)[O-])c1O. The van der Waals surface area contributed by atoms with E-state index >= 15 is 0 Å². The summed E-state index contributed by atoms with van der Waals surface area (Å²) in [5, 5.41) is 27.8. The van der Waals surface area contributed by atoms with Crippen molar-refractivity contribution in [2.45, 2.75) is 6.42 Å². The lowest BCUT2D eigenvalue weighted by Gasteiger charge is -1.98. The second-order valence-corrected chi connectivity index (χ2v) is 2.23. The molecule has 0 aliphatic heterocycles. The van der Waals surface area contributed by atoms with Crippen LogP contribution in [0.3, 0.4) is 0 Å². The molecule has 0 saturated heterocycles. The smallest absolute Gasteiger partial charge is 0.406 e. The van der Waals surface area contributed by atoms with Crippen LogP contribution in [-0.4, -0.2) is 15.0 Å². The quantitative estimate of drug-likeness (QED) is 0.533. The second-order valence-electron chi connectivity index (χ2n) is 2.23. The van der Waals surface area contributed by atoms with Gasteiger partial charge in [0, 0.05) is 5.56 Å². The Bertz CT molecular complexity index is 383. The van der Waals surface area contributed by atoms with Crippen molar-refractivity contribution in [2.24, 2.45) is 0 Å². The summed E-state index contributed by atoms with van der Waals surface area (Å²) in [5.74, 6) is -1.15. The molecule has 1 aromatic heterocycles. The van der Waals surface area contributed by atoms with E-state index < -0.39 is 16.5 Å². The van der Waals surface area contributed by atoms with Gasteiger partial charge in [0.05, 0.1) is 12.5 Å². The van der Waals surface area contributed by atoms with E-state index in [0.29, 0.717) is 0 Å². The molecule has 1 aromatic rings. The molecule has 0 aliphatic rings. The molecule has 0 spiro atoms. The summed E-state index contributed by atoms with van der Waals surface area (Å²) in [5.41, 5.74) is 0.212. The molecule has 6 heteroatoms. The molecule has 0 bridgehead atoms. The van der Waals surface area contributed by atoms with Crippen LogP contribution in [0.15, 0.2) is 12.3 Å². The fraction of sp³-hybridized carbons (Fsp3) is 0.143.